The summed E-state index contributed by atoms with van der Waals surface area (Å²) in [6.07, 6.45) is 2.57. The monoisotopic (exact) mass is 397 g/mol. The van der Waals surface area contributed by atoms with Crippen LogP contribution in [0.25, 0.3) is 10.8 Å². The Morgan fingerprint density at radius 1 is 1.14 bits per heavy atom. The van der Waals surface area contributed by atoms with Crippen molar-refractivity contribution in [2.24, 2.45) is 4.99 Å². The Kier molecular flexibility index (Phi) is 6.52. The molecule has 1 N–H and O–H groups in total. The van der Waals surface area contributed by atoms with Crippen LogP contribution in [0.15, 0.2) is 41.4 Å². The van der Waals surface area contributed by atoms with Crippen LogP contribution < -0.4 is 10.1 Å². The number of methoxy groups -OCH3 is 1. The van der Waals surface area contributed by atoms with Gasteiger partial charge in [0.15, 0.2) is 5.96 Å². The molecule has 6 nitrogen and oxygen atoms in total. The zero-order chi connectivity index (χ0) is 20.1. The van der Waals surface area contributed by atoms with Crippen molar-refractivity contribution in [3.05, 3.63) is 42.0 Å². The van der Waals surface area contributed by atoms with Crippen LogP contribution in [0.5, 0.6) is 5.75 Å². The lowest BCUT2D eigenvalue weighted by Gasteiger charge is -2.37. The zero-order valence-corrected chi connectivity index (χ0v) is 17.4. The molecule has 2 aliphatic heterocycles. The number of morpholine rings is 1. The number of ether oxygens (including phenoxy) is 3. The normalized spacial score (nSPS) is 22.8. The molecule has 6 heteroatoms. The standard InChI is InChI=1S/C23H31N3O3/c1-3-24-23(26-10-12-29-22(16-26)21-5-4-11-28-21)25-15-17-6-7-19-14-20(27-2)9-8-18(19)13-17/h6-9,13-14,21-22H,3-5,10-12,15-16H2,1-2H3,(H,24,25). The summed E-state index contributed by atoms with van der Waals surface area (Å²) >= 11 is 0. The summed E-state index contributed by atoms with van der Waals surface area (Å²) in [6.45, 7) is 6.85. The molecule has 0 bridgehead atoms. The minimum atomic E-state index is 0.130. The van der Waals surface area contributed by atoms with Gasteiger partial charge in [-0.15, -0.1) is 0 Å². The van der Waals surface area contributed by atoms with E-state index < -0.39 is 0 Å². The van der Waals surface area contributed by atoms with Crippen LogP contribution in [0.3, 0.4) is 0 Å². The molecule has 2 heterocycles. The lowest BCUT2D eigenvalue weighted by Crippen LogP contribution is -2.53. The molecule has 0 saturated carbocycles. The predicted octanol–water partition coefficient (Wildman–Crippen LogP) is 3.19. The van der Waals surface area contributed by atoms with Gasteiger partial charge in [0, 0.05) is 26.2 Å². The number of hydrogen-bond donors (Lipinski definition) is 1. The molecule has 2 aliphatic rings. The van der Waals surface area contributed by atoms with Crippen LogP contribution in [0.1, 0.15) is 25.3 Å². The van der Waals surface area contributed by atoms with Gasteiger partial charge in [-0.05, 0) is 54.3 Å². The van der Waals surface area contributed by atoms with Gasteiger partial charge < -0.3 is 24.4 Å². The van der Waals surface area contributed by atoms with Crippen molar-refractivity contribution in [3.8, 4) is 5.75 Å². The highest BCUT2D eigenvalue weighted by molar-refractivity contribution is 5.85. The third-order valence-corrected chi connectivity index (χ3v) is 5.63. The van der Waals surface area contributed by atoms with E-state index in [0.29, 0.717) is 13.2 Å². The summed E-state index contributed by atoms with van der Waals surface area (Å²) in [5.74, 6) is 1.83. The number of benzene rings is 2. The van der Waals surface area contributed by atoms with Gasteiger partial charge in [-0.1, -0.05) is 18.2 Å². The van der Waals surface area contributed by atoms with Crippen LogP contribution in [-0.4, -0.2) is 63.0 Å². The average molecular weight is 398 g/mol. The number of aliphatic imine (C=N–C) groups is 1. The summed E-state index contributed by atoms with van der Waals surface area (Å²) < 4.78 is 17.2. The smallest absolute Gasteiger partial charge is 0.194 e. The number of rotatable bonds is 5. The molecular weight excluding hydrogens is 366 g/mol. The molecule has 156 valence electrons. The summed E-state index contributed by atoms with van der Waals surface area (Å²) in [5, 5.41) is 5.83. The first-order valence-corrected chi connectivity index (χ1v) is 10.6. The molecule has 0 amide bonds. The van der Waals surface area contributed by atoms with E-state index >= 15 is 0 Å². The molecule has 0 spiro atoms. The summed E-state index contributed by atoms with van der Waals surface area (Å²) in [4.78, 5) is 7.23. The largest absolute Gasteiger partial charge is 0.497 e. The maximum Gasteiger partial charge on any atom is 0.194 e. The van der Waals surface area contributed by atoms with Crippen molar-refractivity contribution in [1.82, 2.24) is 10.2 Å². The summed E-state index contributed by atoms with van der Waals surface area (Å²) in [6, 6.07) is 12.6. The van der Waals surface area contributed by atoms with E-state index in [2.05, 4.69) is 47.5 Å². The Balaban J connectivity index is 1.47. The Morgan fingerprint density at radius 3 is 2.76 bits per heavy atom. The number of fused-ring (bicyclic) bond motifs is 1. The van der Waals surface area contributed by atoms with Crippen LogP contribution >= 0.6 is 0 Å². The van der Waals surface area contributed by atoms with Crippen LogP contribution in [0, 0.1) is 0 Å². The molecule has 4 rings (SSSR count). The molecule has 0 aliphatic carbocycles. The first-order chi connectivity index (χ1) is 14.3. The van der Waals surface area contributed by atoms with Crippen molar-refractivity contribution in [2.75, 3.05) is 40.0 Å². The number of guanidine groups is 1. The van der Waals surface area contributed by atoms with Gasteiger partial charge in [0.05, 0.1) is 26.4 Å². The first-order valence-electron chi connectivity index (χ1n) is 10.6. The topological polar surface area (TPSA) is 55.3 Å². The fraction of sp³-hybridized carbons (Fsp3) is 0.522. The van der Waals surface area contributed by atoms with Crippen LogP contribution in [0.4, 0.5) is 0 Å². The molecule has 0 radical (unpaired) electrons. The molecule has 29 heavy (non-hydrogen) atoms. The highest BCUT2D eigenvalue weighted by Gasteiger charge is 2.32. The van der Waals surface area contributed by atoms with Gasteiger partial charge in [0.25, 0.3) is 0 Å². The Bertz CT molecular complexity index is 848. The number of hydrogen-bond acceptors (Lipinski definition) is 4. The second kappa shape index (κ2) is 9.46. The van der Waals surface area contributed by atoms with Crippen molar-refractivity contribution >= 4 is 16.7 Å². The first kappa shape index (κ1) is 20.0. The highest BCUT2D eigenvalue weighted by Crippen LogP contribution is 2.23. The molecule has 2 aromatic carbocycles. The van der Waals surface area contributed by atoms with E-state index in [-0.39, 0.29) is 12.2 Å². The molecule has 2 atom stereocenters. The van der Waals surface area contributed by atoms with Crippen LogP contribution in [0.2, 0.25) is 0 Å². The second-order valence-electron chi connectivity index (χ2n) is 7.62. The maximum atomic E-state index is 5.99. The predicted molar refractivity (Wildman–Crippen MR) is 116 cm³/mol. The average Bonchev–Trinajstić information content (AvgIpc) is 3.31. The van der Waals surface area contributed by atoms with E-state index in [1.54, 1.807) is 7.11 Å². The third kappa shape index (κ3) is 4.82. The minimum Gasteiger partial charge on any atom is -0.497 e. The summed E-state index contributed by atoms with van der Waals surface area (Å²) in [7, 11) is 1.70. The SMILES string of the molecule is CCNC(=NCc1ccc2cc(OC)ccc2c1)N1CCOC(C2CCCO2)C1. The molecule has 0 aromatic heterocycles. The molecule has 2 unspecified atom stereocenters. The van der Waals surface area contributed by atoms with Crippen molar-refractivity contribution < 1.29 is 14.2 Å². The lowest BCUT2D eigenvalue weighted by molar-refractivity contribution is -0.0817. The lowest BCUT2D eigenvalue weighted by atomic mass is 10.1. The van der Waals surface area contributed by atoms with Crippen molar-refractivity contribution in [1.29, 1.82) is 0 Å². The molecule has 2 aromatic rings. The molecule has 2 fully saturated rings. The van der Waals surface area contributed by atoms with E-state index in [0.717, 1.165) is 50.8 Å². The Hall–Kier alpha value is -2.31. The van der Waals surface area contributed by atoms with Gasteiger partial charge in [-0.2, -0.15) is 0 Å². The Morgan fingerprint density at radius 2 is 1.97 bits per heavy atom. The van der Waals surface area contributed by atoms with Crippen LogP contribution in [-0.2, 0) is 16.0 Å². The van der Waals surface area contributed by atoms with Crippen molar-refractivity contribution in [2.45, 2.75) is 38.5 Å². The fourth-order valence-electron chi connectivity index (χ4n) is 4.08. The quantitative estimate of drug-likeness (QED) is 0.620. The number of nitrogens with zero attached hydrogens (tertiary/aromatic N) is 2. The number of nitrogens with one attached hydrogen (secondary N) is 1. The third-order valence-electron chi connectivity index (χ3n) is 5.63. The Labute approximate surface area is 172 Å². The van der Waals surface area contributed by atoms with E-state index in [9.17, 15) is 0 Å². The second-order valence-corrected chi connectivity index (χ2v) is 7.62. The van der Waals surface area contributed by atoms with Gasteiger partial charge in [-0.25, -0.2) is 4.99 Å². The van der Waals surface area contributed by atoms with Gasteiger partial charge in [0.1, 0.15) is 11.9 Å². The van der Waals surface area contributed by atoms with E-state index in [4.69, 9.17) is 19.2 Å². The molecular formula is C23H31N3O3. The zero-order valence-electron chi connectivity index (χ0n) is 17.4. The van der Waals surface area contributed by atoms with Gasteiger partial charge in [0.2, 0.25) is 0 Å². The maximum absolute atomic E-state index is 5.99. The van der Waals surface area contributed by atoms with Gasteiger partial charge in [-0.3, -0.25) is 0 Å². The van der Waals surface area contributed by atoms with E-state index in [1.165, 1.54) is 16.3 Å². The highest BCUT2D eigenvalue weighted by atomic mass is 16.5. The summed E-state index contributed by atoms with van der Waals surface area (Å²) in [5.41, 5.74) is 1.20. The van der Waals surface area contributed by atoms with Crippen molar-refractivity contribution in [3.63, 3.8) is 0 Å². The fourth-order valence-corrected chi connectivity index (χ4v) is 4.08. The van der Waals surface area contributed by atoms with E-state index in [1.807, 2.05) is 6.07 Å². The van der Waals surface area contributed by atoms with Gasteiger partial charge >= 0.3 is 0 Å². The molecule has 2 saturated heterocycles. The minimum absolute atomic E-state index is 0.130.